The van der Waals surface area contributed by atoms with Gasteiger partial charge in [0.15, 0.2) is 0 Å². The van der Waals surface area contributed by atoms with Crippen LogP contribution in [-0.4, -0.2) is 18.4 Å². The highest BCUT2D eigenvalue weighted by Gasteiger charge is 2.33. The van der Waals surface area contributed by atoms with Crippen LogP contribution in [0.3, 0.4) is 0 Å². The van der Waals surface area contributed by atoms with Crippen LogP contribution in [0.25, 0.3) is 11.1 Å². The lowest BCUT2D eigenvalue weighted by Gasteiger charge is -2.30. The minimum absolute atomic E-state index is 0.330. The van der Waals surface area contributed by atoms with Crippen LogP contribution in [0.2, 0.25) is 10.0 Å². The Morgan fingerprint density at radius 2 is 1.76 bits per heavy atom. The van der Waals surface area contributed by atoms with Crippen LogP contribution in [0.1, 0.15) is 18.9 Å². The Bertz CT molecular complexity index is 767. The molecule has 0 N–H and O–H groups in total. The molecule has 0 fully saturated rings. The third-order valence-corrected chi connectivity index (χ3v) is 4.66. The molecule has 1 atom stereocenters. The maximum atomic E-state index is 6.20. The summed E-state index contributed by atoms with van der Waals surface area (Å²) < 4.78 is 0. The van der Waals surface area contributed by atoms with Crippen molar-refractivity contribution in [3.05, 3.63) is 52.0 Å². The van der Waals surface area contributed by atoms with Gasteiger partial charge in [-0.05, 0) is 36.2 Å². The first-order valence-electron chi connectivity index (χ1n) is 7.12. The summed E-state index contributed by atoms with van der Waals surface area (Å²) in [5.41, 5.74) is 4.64. The largest absolute Gasteiger partial charge is 0.323 e. The lowest BCUT2D eigenvalue weighted by Crippen LogP contribution is -2.33. The quantitative estimate of drug-likeness (QED) is 0.721. The molecule has 2 aromatic rings. The molecule has 2 nitrogen and oxygen atoms in total. The van der Waals surface area contributed by atoms with Gasteiger partial charge in [-0.1, -0.05) is 42.3 Å². The molecule has 2 aliphatic heterocycles. The molecule has 0 saturated heterocycles. The first kappa shape index (κ1) is 13.2. The molecular formula is C17H14Cl2N2. The maximum Gasteiger partial charge on any atom is 0.136 e. The maximum absolute atomic E-state index is 6.20. The molecule has 2 heterocycles. The van der Waals surface area contributed by atoms with Gasteiger partial charge >= 0.3 is 0 Å². The predicted molar refractivity (Wildman–Crippen MR) is 89.9 cm³/mol. The van der Waals surface area contributed by atoms with E-state index in [0.717, 1.165) is 40.1 Å². The van der Waals surface area contributed by atoms with Crippen molar-refractivity contribution < 1.29 is 0 Å². The van der Waals surface area contributed by atoms with E-state index >= 15 is 0 Å². The molecule has 0 spiro atoms. The third kappa shape index (κ3) is 1.97. The summed E-state index contributed by atoms with van der Waals surface area (Å²) in [7, 11) is 0. The van der Waals surface area contributed by atoms with E-state index in [9.17, 15) is 0 Å². The molecule has 4 heteroatoms. The van der Waals surface area contributed by atoms with Crippen LogP contribution >= 0.6 is 23.2 Å². The molecule has 0 radical (unpaired) electrons. The van der Waals surface area contributed by atoms with E-state index < -0.39 is 0 Å². The van der Waals surface area contributed by atoms with Gasteiger partial charge in [0.05, 0.1) is 11.7 Å². The highest BCUT2D eigenvalue weighted by atomic mass is 35.5. The van der Waals surface area contributed by atoms with Crippen molar-refractivity contribution in [2.75, 3.05) is 11.4 Å². The smallest absolute Gasteiger partial charge is 0.136 e. The predicted octanol–water partition coefficient (Wildman–Crippen LogP) is 5.02. The van der Waals surface area contributed by atoms with Crippen molar-refractivity contribution in [1.82, 2.24) is 0 Å². The van der Waals surface area contributed by atoms with Gasteiger partial charge in [-0.15, -0.1) is 0 Å². The highest BCUT2D eigenvalue weighted by Crippen LogP contribution is 2.43. The Labute approximate surface area is 134 Å². The Balaban J connectivity index is 2.01. The Morgan fingerprint density at radius 3 is 2.52 bits per heavy atom. The second-order valence-corrected chi connectivity index (χ2v) is 6.35. The zero-order valence-electron chi connectivity index (χ0n) is 11.6. The van der Waals surface area contributed by atoms with Crippen LogP contribution in [0.4, 0.5) is 5.69 Å². The van der Waals surface area contributed by atoms with E-state index in [1.165, 1.54) is 11.1 Å². The zero-order chi connectivity index (χ0) is 14.6. The Kier molecular flexibility index (Phi) is 2.98. The van der Waals surface area contributed by atoms with Crippen LogP contribution in [0, 0.1) is 0 Å². The third-order valence-electron chi connectivity index (χ3n) is 4.19. The Morgan fingerprint density at radius 1 is 1.05 bits per heavy atom. The number of nitrogens with zero attached hydrogens (tertiary/aromatic N) is 2. The topological polar surface area (TPSA) is 15.6 Å². The molecule has 106 valence electrons. The van der Waals surface area contributed by atoms with Crippen molar-refractivity contribution in [3.63, 3.8) is 0 Å². The summed E-state index contributed by atoms with van der Waals surface area (Å²) in [5, 5.41) is 1.50. The monoisotopic (exact) mass is 316 g/mol. The van der Waals surface area contributed by atoms with E-state index in [4.69, 9.17) is 28.2 Å². The van der Waals surface area contributed by atoms with Gasteiger partial charge in [-0.3, -0.25) is 4.99 Å². The SMILES string of the molecule is CC[C@@H]1CN2C(=N1)c1cc(Cl)ccc1-c1ccc(Cl)cc12. The fraction of sp³-hybridized carbons (Fsp3) is 0.235. The van der Waals surface area contributed by atoms with Crippen molar-refractivity contribution in [3.8, 4) is 11.1 Å². The van der Waals surface area contributed by atoms with Crippen LogP contribution in [-0.2, 0) is 0 Å². The summed E-state index contributed by atoms with van der Waals surface area (Å²) >= 11 is 12.4. The van der Waals surface area contributed by atoms with Gasteiger partial charge in [-0.2, -0.15) is 0 Å². The van der Waals surface area contributed by atoms with Gasteiger partial charge in [0.2, 0.25) is 0 Å². The molecule has 0 amide bonds. The number of halogens is 2. The van der Waals surface area contributed by atoms with E-state index in [2.05, 4.69) is 24.0 Å². The van der Waals surface area contributed by atoms with Crippen molar-refractivity contribution in [1.29, 1.82) is 0 Å². The van der Waals surface area contributed by atoms with Gasteiger partial charge in [0.1, 0.15) is 5.84 Å². The van der Waals surface area contributed by atoms with E-state index in [1.54, 1.807) is 0 Å². The molecule has 2 aromatic carbocycles. The highest BCUT2D eigenvalue weighted by molar-refractivity contribution is 6.33. The van der Waals surface area contributed by atoms with Gasteiger partial charge < -0.3 is 4.90 Å². The summed E-state index contributed by atoms with van der Waals surface area (Å²) in [5.74, 6) is 1.02. The number of anilines is 1. The van der Waals surface area contributed by atoms with E-state index in [1.807, 2.05) is 24.3 Å². The number of benzene rings is 2. The normalized spacial score (nSPS) is 18.9. The van der Waals surface area contributed by atoms with Gasteiger partial charge in [0.25, 0.3) is 0 Å². The van der Waals surface area contributed by atoms with E-state index in [-0.39, 0.29) is 0 Å². The molecule has 0 saturated carbocycles. The summed E-state index contributed by atoms with van der Waals surface area (Å²) in [4.78, 5) is 7.15. The fourth-order valence-corrected chi connectivity index (χ4v) is 3.46. The number of amidine groups is 1. The summed E-state index contributed by atoms with van der Waals surface area (Å²) in [6.45, 7) is 3.08. The summed E-state index contributed by atoms with van der Waals surface area (Å²) in [6, 6.07) is 12.4. The number of hydrogen-bond acceptors (Lipinski definition) is 2. The molecule has 0 bridgehead atoms. The fourth-order valence-electron chi connectivity index (χ4n) is 3.12. The lowest BCUT2D eigenvalue weighted by molar-refractivity contribution is 0.693. The molecular weight excluding hydrogens is 303 g/mol. The molecule has 0 aliphatic carbocycles. The van der Waals surface area contributed by atoms with Crippen molar-refractivity contribution >= 4 is 34.7 Å². The summed E-state index contributed by atoms with van der Waals surface area (Å²) in [6.07, 6.45) is 1.03. The molecule has 4 rings (SSSR count). The molecule has 21 heavy (non-hydrogen) atoms. The zero-order valence-corrected chi connectivity index (χ0v) is 13.1. The van der Waals surface area contributed by atoms with Crippen LogP contribution in [0.5, 0.6) is 0 Å². The first-order chi connectivity index (χ1) is 10.2. The minimum Gasteiger partial charge on any atom is -0.323 e. The molecule has 0 unspecified atom stereocenters. The number of rotatable bonds is 1. The second-order valence-electron chi connectivity index (χ2n) is 5.48. The number of aliphatic imine (C=N–C) groups is 1. The van der Waals surface area contributed by atoms with Gasteiger partial charge in [0, 0.05) is 27.7 Å². The minimum atomic E-state index is 0.330. The van der Waals surface area contributed by atoms with Gasteiger partial charge in [-0.25, -0.2) is 0 Å². The Hall–Kier alpha value is -1.51. The average molecular weight is 317 g/mol. The average Bonchev–Trinajstić information content (AvgIpc) is 2.92. The lowest BCUT2D eigenvalue weighted by atomic mass is 9.93. The number of fused-ring (bicyclic) bond motifs is 6. The number of hydrogen-bond donors (Lipinski definition) is 0. The standard InChI is InChI=1S/C17H14Cl2N2/c1-2-12-9-21-16-8-11(19)4-6-14(16)13-5-3-10(18)7-15(13)17(21)20-12/h3-8,12H,2,9H2,1H3/t12-/m1/s1. The van der Waals surface area contributed by atoms with Crippen LogP contribution in [0.15, 0.2) is 41.4 Å². The van der Waals surface area contributed by atoms with Crippen molar-refractivity contribution in [2.24, 2.45) is 4.99 Å². The van der Waals surface area contributed by atoms with Crippen LogP contribution < -0.4 is 4.90 Å². The molecule has 2 aliphatic rings. The first-order valence-corrected chi connectivity index (χ1v) is 7.88. The van der Waals surface area contributed by atoms with Crippen molar-refractivity contribution in [2.45, 2.75) is 19.4 Å². The second kappa shape index (κ2) is 4.75. The molecule has 0 aromatic heterocycles. The van der Waals surface area contributed by atoms with E-state index in [0.29, 0.717) is 6.04 Å².